The Hall–Kier alpha value is -2.55. The van der Waals surface area contributed by atoms with Crippen LogP contribution in [-0.4, -0.2) is 10.9 Å². The van der Waals surface area contributed by atoms with E-state index in [1.165, 1.54) is 0 Å². The van der Waals surface area contributed by atoms with Crippen molar-refractivity contribution in [3.05, 3.63) is 71.9 Å². The Morgan fingerprint density at radius 1 is 1.00 bits per heavy atom. The second-order valence-corrected chi connectivity index (χ2v) is 5.30. The summed E-state index contributed by atoms with van der Waals surface area (Å²) < 4.78 is 0. The third-order valence-electron chi connectivity index (χ3n) is 3.64. The van der Waals surface area contributed by atoms with E-state index < -0.39 is 0 Å². The maximum atomic E-state index is 12.0. The minimum atomic E-state index is 0.132. The number of anilines is 1. The van der Waals surface area contributed by atoms with E-state index in [0.29, 0.717) is 12.8 Å². The minimum Gasteiger partial charge on any atom is -0.508 e. The highest BCUT2D eigenvalue weighted by Gasteiger charge is 2.21. The normalized spacial score (nSPS) is 18.2. The van der Waals surface area contributed by atoms with Gasteiger partial charge in [-0.1, -0.05) is 36.4 Å². The van der Waals surface area contributed by atoms with Crippen LogP contribution in [0.3, 0.4) is 0 Å². The lowest BCUT2D eigenvalue weighted by atomic mass is 9.87. The maximum absolute atomic E-state index is 12.0. The summed E-state index contributed by atoms with van der Waals surface area (Å²) in [4.78, 5) is 12.0. The molecule has 0 fully saturated rings. The van der Waals surface area contributed by atoms with Gasteiger partial charge in [0.05, 0.1) is 0 Å². The highest BCUT2D eigenvalue weighted by atomic mass is 16.3. The number of ketones is 1. The summed E-state index contributed by atoms with van der Waals surface area (Å²) >= 11 is 0. The lowest BCUT2D eigenvalue weighted by Crippen LogP contribution is -2.16. The SMILES string of the molecule is O=C1CC(Nc2ccc(O)cc2)=CC(c2ccccc2)C1. The summed E-state index contributed by atoms with van der Waals surface area (Å²) in [5.41, 5.74) is 2.96. The molecule has 0 amide bonds. The molecule has 0 aliphatic heterocycles. The number of nitrogens with one attached hydrogen (secondary N) is 1. The lowest BCUT2D eigenvalue weighted by Gasteiger charge is -2.21. The third-order valence-corrected chi connectivity index (χ3v) is 3.64. The number of carbonyl (C=O) groups excluding carboxylic acids is 1. The predicted octanol–water partition coefficient (Wildman–Crippen LogP) is 3.83. The average Bonchev–Trinajstić information content (AvgIpc) is 2.50. The van der Waals surface area contributed by atoms with E-state index in [2.05, 4.69) is 23.5 Å². The molecule has 2 N–H and O–H groups in total. The summed E-state index contributed by atoms with van der Waals surface area (Å²) in [5.74, 6) is 0.608. The standard InChI is InChI=1S/C18H17NO2/c20-17-8-6-15(7-9-17)19-16-10-14(11-18(21)12-16)13-4-2-1-3-5-13/h1-10,14,19-20H,11-12H2. The number of benzene rings is 2. The summed E-state index contributed by atoms with van der Waals surface area (Å²) in [6.45, 7) is 0. The number of phenols is 1. The fourth-order valence-corrected chi connectivity index (χ4v) is 2.62. The van der Waals surface area contributed by atoms with Gasteiger partial charge in [0.25, 0.3) is 0 Å². The van der Waals surface area contributed by atoms with Crippen LogP contribution in [0.5, 0.6) is 5.75 Å². The van der Waals surface area contributed by atoms with Gasteiger partial charge in [-0.2, -0.15) is 0 Å². The Kier molecular flexibility index (Phi) is 3.73. The fraction of sp³-hybridized carbons (Fsp3) is 0.167. The van der Waals surface area contributed by atoms with Crippen LogP contribution in [-0.2, 0) is 4.79 Å². The first-order valence-corrected chi connectivity index (χ1v) is 7.04. The second-order valence-electron chi connectivity index (χ2n) is 5.30. The molecule has 2 aromatic carbocycles. The predicted molar refractivity (Wildman–Crippen MR) is 83.2 cm³/mol. The molecule has 3 rings (SSSR count). The van der Waals surface area contributed by atoms with Gasteiger partial charge in [-0.25, -0.2) is 0 Å². The van der Waals surface area contributed by atoms with E-state index in [9.17, 15) is 9.90 Å². The van der Waals surface area contributed by atoms with Gasteiger partial charge < -0.3 is 10.4 Å². The van der Waals surface area contributed by atoms with Crippen LogP contribution in [0.1, 0.15) is 24.3 Å². The van der Waals surface area contributed by atoms with E-state index >= 15 is 0 Å². The second kappa shape index (κ2) is 5.83. The molecule has 0 radical (unpaired) electrons. The Bertz CT molecular complexity index is 659. The van der Waals surface area contributed by atoms with Crippen LogP contribution in [0.2, 0.25) is 0 Å². The van der Waals surface area contributed by atoms with Gasteiger partial charge in [0.1, 0.15) is 11.5 Å². The number of hydrogen-bond donors (Lipinski definition) is 2. The molecule has 0 bridgehead atoms. The van der Waals surface area contributed by atoms with E-state index in [1.54, 1.807) is 24.3 Å². The Morgan fingerprint density at radius 3 is 2.43 bits per heavy atom. The van der Waals surface area contributed by atoms with E-state index in [4.69, 9.17) is 0 Å². The Balaban J connectivity index is 1.82. The number of rotatable bonds is 3. The van der Waals surface area contributed by atoms with Crippen molar-refractivity contribution in [2.75, 3.05) is 5.32 Å². The summed E-state index contributed by atoms with van der Waals surface area (Å²) in [5, 5.41) is 12.6. The topological polar surface area (TPSA) is 49.3 Å². The van der Waals surface area contributed by atoms with Crippen LogP contribution < -0.4 is 5.32 Å². The number of phenolic OH excluding ortho intramolecular Hbond substituents is 1. The molecule has 1 unspecified atom stereocenters. The zero-order valence-corrected chi connectivity index (χ0v) is 11.6. The Morgan fingerprint density at radius 2 is 1.71 bits per heavy atom. The van der Waals surface area contributed by atoms with Crippen molar-refractivity contribution in [1.29, 1.82) is 0 Å². The molecular formula is C18H17NO2. The minimum absolute atomic E-state index is 0.132. The zero-order chi connectivity index (χ0) is 14.7. The Labute approximate surface area is 123 Å². The van der Waals surface area contributed by atoms with Gasteiger partial charge in [-0.05, 0) is 29.8 Å². The van der Waals surface area contributed by atoms with Crippen molar-refractivity contribution < 1.29 is 9.90 Å². The van der Waals surface area contributed by atoms with Crippen molar-refractivity contribution in [2.24, 2.45) is 0 Å². The molecular weight excluding hydrogens is 262 g/mol. The smallest absolute Gasteiger partial charge is 0.139 e. The van der Waals surface area contributed by atoms with E-state index in [1.807, 2.05) is 18.2 Å². The number of carbonyl (C=O) groups is 1. The third kappa shape index (κ3) is 3.31. The van der Waals surface area contributed by atoms with Crippen molar-refractivity contribution >= 4 is 11.5 Å². The van der Waals surface area contributed by atoms with Crippen LogP contribution in [0.25, 0.3) is 0 Å². The molecule has 0 saturated carbocycles. The van der Waals surface area contributed by atoms with Gasteiger partial charge in [0, 0.05) is 30.1 Å². The van der Waals surface area contributed by atoms with Crippen molar-refractivity contribution in [1.82, 2.24) is 0 Å². The quantitative estimate of drug-likeness (QED) is 0.839. The largest absolute Gasteiger partial charge is 0.508 e. The summed E-state index contributed by atoms with van der Waals surface area (Å²) in [7, 11) is 0. The molecule has 1 aliphatic rings. The number of Topliss-reactive ketones (excluding diaryl/α,β-unsaturated/α-hetero) is 1. The monoisotopic (exact) mass is 279 g/mol. The molecule has 0 spiro atoms. The van der Waals surface area contributed by atoms with Gasteiger partial charge in [-0.15, -0.1) is 0 Å². The highest BCUT2D eigenvalue weighted by molar-refractivity contribution is 5.84. The molecule has 3 heteroatoms. The van der Waals surface area contributed by atoms with Crippen molar-refractivity contribution in [2.45, 2.75) is 18.8 Å². The van der Waals surface area contributed by atoms with Gasteiger partial charge in [0.15, 0.2) is 0 Å². The molecule has 0 heterocycles. The molecule has 1 atom stereocenters. The van der Waals surface area contributed by atoms with Crippen molar-refractivity contribution in [3.8, 4) is 5.75 Å². The van der Waals surface area contributed by atoms with Gasteiger partial charge in [0.2, 0.25) is 0 Å². The average molecular weight is 279 g/mol. The first-order chi connectivity index (χ1) is 10.2. The molecule has 0 saturated heterocycles. The van der Waals surface area contributed by atoms with Crippen LogP contribution in [0.4, 0.5) is 5.69 Å². The first kappa shape index (κ1) is 13.4. The van der Waals surface area contributed by atoms with E-state index in [0.717, 1.165) is 16.9 Å². The van der Waals surface area contributed by atoms with Gasteiger partial charge >= 0.3 is 0 Å². The van der Waals surface area contributed by atoms with Gasteiger partial charge in [-0.3, -0.25) is 4.79 Å². The number of aromatic hydroxyl groups is 1. The van der Waals surface area contributed by atoms with E-state index in [-0.39, 0.29) is 17.5 Å². The molecule has 1 aliphatic carbocycles. The van der Waals surface area contributed by atoms with Crippen LogP contribution in [0, 0.1) is 0 Å². The van der Waals surface area contributed by atoms with Crippen LogP contribution >= 0.6 is 0 Å². The highest BCUT2D eigenvalue weighted by Crippen LogP contribution is 2.30. The summed E-state index contributed by atoms with van der Waals surface area (Å²) in [6, 6.07) is 16.9. The summed E-state index contributed by atoms with van der Waals surface area (Å²) in [6.07, 6.45) is 3.12. The number of allylic oxidation sites excluding steroid dienone is 2. The first-order valence-electron chi connectivity index (χ1n) is 7.04. The molecule has 3 nitrogen and oxygen atoms in total. The zero-order valence-electron chi connectivity index (χ0n) is 11.6. The van der Waals surface area contributed by atoms with Crippen molar-refractivity contribution in [3.63, 3.8) is 0 Å². The number of hydrogen-bond acceptors (Lipinski definition) is 3. The molecule has 0 aromatic heterocycles. The molecule has 2 aromatic rings. The van der Waals surface area contributed by atoms with Crippen LogP contribution in [0.15, 0.2) is 66.4 Å². The molecule has 21 heavy (non-hydrogen) atoms. The fourth-order valence-electron chi connectivity index (χ4n) is 2.62. The lowest BCUT2D eigenvalue weighted by molar-refractivity contribution is -0.118. The maximum Gasteiger partial charge on any atom is 0.139 e. The molecule has 106 valence electrons.